The molecule has 9 heavy (non-hydrogen) atoms. The highest BCUT2D eigenvalue weighted by molar-refractivity contribution is 7.16. The summed E-state index contributed by atoms with van der Waals surface area (Å²) in [6.45, 7) is 4.08. The van der Waals surface area contributed by atoms with Crippen molar-refractivity contribution in [2.45, 2.75) is 6.10 Å². The molecule has 0 bridgehead atoms. The molecule has 0 heterocycles. The number of rotatable bonds is 5. The zero-order valence-electron chi connectivity index (χ0n) is 5.42. The van der Waals surface area contributed by atoms with Gasteiger partial charge in [0, 0.05) is 0 Å². The first-order chi connectivity index (χ1) is 4.35. The van der Waals surface area contributed by atoms with Gasteiger partial charge in [0.1, 0.15) is 0 Å². The quantitative estimate of drug-likeness (QED) is 0.452. The van der Waals surface area contributed by atoms with Gasteiger partial charge in [-0.3, -0.25) is 0 Å². The molecule has 54 valence electrons. The maximum absolute atomic E-state index is 8.58. The molecular formula is C6H13O2P. The van der Waals surface area contributed by atoms with E-state index in [9.17, 15) is 0 Å². The topological polar surface area (TPSA) is 29.5 Å². The van der Waals surface area contributed by atoms with Gasteiger partial charge in [-0.15, -0.1) is 15.8 Å². The molecule has 0 fully saturated rings. The summed E-state index contributed by atoms with van der Waals surface area (Å²) < 4.78 is 5.10. The normalized spacial score (nSPS) is 13.1. The minimum atomic E-state index is -0.0481. The average molecular weight is 148 g/mol. The van der Waals surface area contributed by atoms with Crippen LogP contribution in [0.1, 0.15) is 0 Å². The molecule has 2 atom stereocenters. The minimum Gasteiger partial charge on any atom is -0.394 e. The highest BCUT2D eigenvalue weighted by atomic mass is 31.0. The van der Waals surface area contributed by atoms with Crippen LogP contribution in [0.4, 0.5) is 0 Å². The largest absolute Gasteiger partial charge is 0.394 e. The predicted octanol–water partition coefficient (Wildman–Crippen LogP) is 0.425. The van der Waals surface area contributed by atoms with Crippen molar-refractivity contribution in [1.82, 2.24) is 0 Å². The molecule has 0 aliphatic heterocycles. The molecule has 2 unspecified atom stereocenters. The van der Waals surface area contributed by atoms with Crippen LogP contribution in [-0.4, -0.2) is 30.6 Å². The summed E-state index contributed by atoms with van der Waals surface area (Å²) in [4.78, 5) is 0. The van der Waals surface area contributed by atoms with Crippen molar-refractivity contribution >= 4 is 9.24 Å². The average Bonchev–Trinajstić information content (AvgIpc) is 1.91. The molecule has 0 aliphatic rings. The first-order valence-electron chi connectivity index (χ1n) is 2.88. The summed E-state index contributed by atoms with van der Waals surface area (Å²) in [6, 6.07) is 0. The lowest BCUT2D eigenvalue weighted by atomic mass is 10.4. The molecule has 0 aromatic rings. The predicted molar refractivity (Wildman–Crippen MR) is 41.6 cm³/mol. The number of aliphatic hydroxyl groups is 1. The van der Waals surface area contributed by atoms with Gasteiger partial charge in [0.25, 0.3) is 0 Å². The number of ether oxygens (including phenoxy) is 1. The van der Waals surface area contributed by atoms with Crippen LogP contribution in [0.15, 0.2) is 12.7 Å². The van der Waals surface area contributed by atoms with Crippen molar-refractivity contribution in [3.05, 3.63) is 12.7 Å². The van der Waals surface area contributed by atoms with Gasteiger partial charge >= 0.3 is 0 Å². The summed E-state index contributed by atoms with van der Waals surface area (Å²) in [7, 11) is 2.51. The Balaban J connectivity index is 3.19. The van der Waals surface area contributed by atoms with Crippen LogP contribution < -0.4 is 0 Å². The highest BCUT2D eigenvalue weighted by Crippen LogP contribution is 1.95. The van der Waals surface area contributed by atoms with E-state index in [2.05, 4.69) is 15.8 Å². The lowest BCUT2D eigenvalue weighted by Crippen LogP contribution is -2.18. The van der Waals surface area contributed by atoms with Crippen LogP contribution in [0.3, 0.4) is 0 Å². The molecule has 0 spiro atoms. The van der Waals surface area contributed by atoms with E-state index in [1.54, 1.807) is 6.08 Å². The summed E-state index contributed by atoms with van der Waals surface area (Å²) in [5, 5.41) is 8.58. The summed E-state index contributed by atoms with van der Waals surface area (Å²) >= 11 is 0. The van der Waals surface area contributed by atoms with Crippen LogP contribution in [0, 0.1) is 0 Å². The Morgan fingerprint density at radius 3 is 2.78 bits per heavy atom. The molecular weight excluding hydrogens is 135 g/mol. The lowest BCUT2D eigenvalue weighted by molar-refractivity contribution is 0.0443. The standard InChI is InChI=1S/C6H13O2P/c1-2-3-8-6(4-7)5-9/h2,6-7H,1,3-5,9H2. The van der Waals surface area contributed by atoms with Crippen molar-refractivity contribution in [3.8, 4) is 0 Å². The minimum absolute atomic E-state index is 0.0481. The fourth-order valence-electron chi connectivity index (χ4n) is 0.399. The van der Waals surface area contributed by atoms with Gasteiger partial charge in [-0.2, -0.15) is 0 Å². The number of hydrogen-bond acceptors (Lipinski definition) is 2. The van der Waals surface area contributed by atoms with Crippen molar-refractivity contribution < 1.29 is 9.84 Å². The third-order valence-corrected chi connectivity index (χ3v) is 1.44. The van der Waals surface area contributed by atoms with Gasteiger partial charge in [0.15, 0.2) is 0 Å². The maximum Gasteiger partial charge on any atom is 0.0844 e. The van der Waals surface area contributed by atoms with Gasteiger partial charge in [0.05, 0.1) is 19.3 Å². The zero-order valence-corrected chi connectivity index (χ0v) is 6.57. The fraction of sp³-hybridized carbons (Fsp3) is 0.667. The second-order valence-electron chi connectivity index (χ2n) is 1.66. The summed E-state index contributed by atoms with van der Waals surface area (Å²) in [6.07, 6.45) is 2.39. The first-order valence-corrected chi connectivity index (χ1v) is 3.70. The Morgan fingerprint density at radius 1 is 1.78 bits per heavy atom. The van der Waals surface area contributed by atoms with E-state index in [0.717, 1.165) is 6.16 Å². The van der Waals surface area contributed by atoms with Crippen molar-refractivity contribution in [2.24, 2.45) is 0 Å². The molecule has 0 aromatic heterocycles. The summed E-state index contributed by atoms with van der Waals surface area (Å²) in [5.74, 6) is 0. The van der Waals surface area contributed by atoms with Crippen LogP contribution in [0.25, 0.3) is 0 Å². The van der Waals surface area contributed by atoms with Crippen LogP contribution >= 0.6 is 9.24 Å². The van der Waals surface area contributed by atoms with Gasteiger partial charge < -0.3 is 9.84 Å². The van der Waals surface area contributed by atoms with Crippen LogP contribution in [0.5, 0.6) is 0 Å². The Morgan fingerprint density at radius 2 is 2.44 bits per heavy atom. The van der Waals surface area contributed by atoms with Crippen LogP contribution in [-0.2, 0) is 4.74 Å². The monoisotopic (exact) mass is 148 g/mol. The molecule has 0 rings (SSSR count). The molecule has 1 N–H and O–H groups in total. The zero-order chi connectivity index (χ0) is 7.11. The van der Waals surface area contributed by atoms with E-state index in [4.69, 9.17) is 9.84 Å². The Bertz CT molecular complexity index is 71.5. The van der Waals surface area contributed by atoms with Gasteiger partial charge in [-0.1, -0.05) is 6.08 Å². The van der Waals surface area contributed by atoms with Crippen molar-refractivity contribution in [2.75, 3.05) is 19.4 Å². The number of hydrogen-bond donors (Lipinski definition) is 1. The van der Waals surface area contributed by atoms with Crippen LogP contribution in [0.2, 0.25) is 0 Å². The van der Waals surface area contributed by atoms with Crippen molar-refractivity contribution in [1.29, 1.82) is 0 Å². The molecule has 0 amide bonds. The number of aliphatic hydroxyl groups excluding tert-OH is 1. The van der Waals surface area contributed by atoms with E-state index in [1.807, 2.05) is 0 Å². The van der Waals surface area contributed by atoms with Gasteiger partial charge in [0.2, 0.25) is 0 Å². The Hall–Kier alpha value is 0.0900. The smallest absolute Gasteiger partial charge is 0.0844 e. The third kappa shape index (κ3) is 4.58. The molecule has 3 heteroatoms. The Kier molecular flexibility index (Phi) is 6.28. The van der Waals surface area contributed by atoms with Crippen molar-refractivity contribution in [3.63, 3.8) is 0 Å². The van der Waals surface area contributed by atoms with E-state index in [0.29, 0.717) is 6.61 Å². The Labute approximate surface area is 58.1 Å². The molecule has 0 saturated carbocycles. The van der Waals surface area contributed by atoms with Gasteiger partial charge in [-0.25, -0.2) is 0 Å². The molecule has 2 nitrogen and oxygen atoms in total. The first kappa shape index (κ1) is 9.09. The maximum atomic E-state index is 8.58. The van der Waals surface area contributed by atoms with Gasteiger partial charge in [-0.05, 0) is 6.16 Å². The molecule has 0 saturated heterocycles. The molecule has 0 radical (unpaired) electrons. The summed E-state index contributed by atoms with van der Waals surface area (Å²) in [5.41, 5.74) is 0. The van der Waals surface area contributed by atoms with E-state index >= 15 is 0 Å². The second-order valence-corrected chi connectivity index (χ2v) is 2.13. The third-order valence-electron chi connectivity index (χ3n) is 0.916. The fourth-order valence-corrected chi connectivity index (χ4v) is 0.685. The van der Waals surface area contributed by atoms with E-state index in [1.165, 1.54) is 0 Å². The lowest BCUT2D eigenvalue weighted by Gasteiger charge is -2.09. The molecule has 0 aromatic carbocycles. The molecule has 0 aliphatic carbocycles. The van der Waals surface area contributed by atoms with E-state index in [-0.39, 0.29) is 12.7 Å². The SMILES string of the molecule is C=CCOC(CO)CP. The highest BCUT2D eigenvalue weighted by Gasteiger charge is 2.00. The second kappa shape index (κ2) is 6.21. The van der Waals surface area contributed by atoms with E-state index < -0.39 is 0 Å².